The minimum absolute atomic E-state index is 0.00251. The SMILES string of the molecule is Cc1nc(Cl)c([N+](=O)[O-])cc1C(O)C(O)CCNC(=O)OCc1ccccc1. The van der Waals surface area contributed by atoms with E-state index >= 15 is 0 Å². The first kappa shape index (κ1) is 21.5. The number of hydrogen-bond acceptors (Lipinski definition) is 7. The zero-order valence-electron chi connectivity index (χ0n) is 15.0. The number of aliphatic hydroxyl groups excluding tert-OH is 2. The number of aliphatic hydroxyl groups is 2. The number of hydrogen-bond donors (Lipinski definition) is 3. The summed E-state index contributed by atoms with van der Waals surface area (Å²) < 4.78 is 5.04. The predicted molar refractivity (Wildman–Crippen MR) is 101 cm³/mol. The third kappa shape index (κ3) is 5.88. The number of nitrogens with one attached hydrogen (secondary N) is 1. The maximum absolute atomic E-state index is 11.7. The molecule has 1 amide bonds. The van der Waals surface area contributed by atoms with Gasteiger partial charge < -0.3 is 20.3 Å². The van der Waals surface area contributed by atoms with Crippen molar-refractivity contribution < 1.29 is 24.7 Å². The quantitative estimate of drug-likeness (QED) is 0.346. The number of carbonyl (C=O) groups is 1. The van der Waals surface area contributed by atoms with Gasteiger partial charge >= 0.3 is 11.8 Å². The number of ether oxygens (including phenoxy) is 1. The van der Waals surface area contributed by atoms with Crippen LogP contribution in [0.1, 0.15) is 29.3 Å². The first-order valence-electron chi connectivity index (χ1n) is 8.41. The molecule has 2 aromatic rings. The number of nitrogens with zero attached hydrogens (tertiary/aromatic N) is 2. The van der Waals surface area contributed by atoms with Crippen LogP contribution in [0.15, 0.2) is 36.4 Å². The van der Waals surface area contributed by atoms with Gasteiger partial charge in [-0.1, -0.05) is 41.9 Å². The van der Waals surface area contributed by atoms with Gasteiger partial charge in [0.1, 0.15) is 12.7 Å². The molecule has 0 aliphatic rings. The lowest BCUT2D eigenvalue weighted by molar-refractivity contribution is -0.385. The Balaban J connectivity index is 1.85. The summed E-state index contributed by atoms with van der Waals surface area (Å²) >= 11 is 5.71. The van der Waals surface area contributed by atoms with Crippen molar-refractivity contribution in [1.82, 2.24) is 10.3 Å². The molecule has 2 rings (SSSR count). The zero-order chi connectivity index (χ0) is 20.7. The van der Waals surface area contributed by atoms with Crippen LogP contribution in [0.2, 0.25) is 5.15 Å². The summed E-state index contributed by atoms with van der Waals surface area (Å²) in [6.07, 6.45) is -3.37. The smallest absolute Gasteiger partial charge is 0.407 e. The molecule has 0 aliphatic heterocycles. The van der Waals surface area contributed by atoms with E-state index < -0.39 is 28.9 Å². The molecule has 1 heterocycles. The summed E-state index contributed by atoms with van der Waals surface area (Å²) in [6, 6.07) is 10.2. The molecule has 28 heavy (non-hydrogen) atoms. The van der Waals surface area contributed by atoms with E-state index in [0.717, 1.165) is 11.6 Å². The minimum atomic E-state index is -1.43. The molecule has 1 aromatic carbocycles. The minimum Gasteiger partial charge on any atom is -0.445 e. The van der Waals surface area contributed by atoms with Crippen molar-refractivity contribution in [3.05, 3.63) is 68.5 Å². The number of halogens is 1. The highest BCUT2D eigenvalue weighted by Crippen LogP contribution is 2.29. The Morgan fingerprint density at radius 1 is 1.36 bits per heavy atom. The fourth-order valence-corrected chi connectivity index (χ4v) is 2.72. The van der Waals surface area contributed by atoms with Crippen molar-refractivity contribution in [2.24, 2.45) is 0 Å². The van der Waals surface area contributed by atoms with Crippen LogP contribution in [0.4, 0.5) is 10.5 Å². The number of aryl methyl sites for hydroxylation is 1. The zero-order valence-corrected chi connectivity index (χ0v) is 15.8. The monoisotopic (exact) mass is 409 g/mol. The lowest BCUT2D eigenvalue weighted by atomic mass is 10.0. The number of nitro groups is 1. The molecule has 2 atom stereocenters. The normalized spacial score (nSPS) is 12.9. The molecule has 0 bridgehead atoms. The van der Waals surface area contributed by atoms with Gasteiger partial charge in [-0.2, -0.15) is 0 Å². The van der Waals surface area contributed by atoms with E-state index in [9.17, 15) is 25.1 Å². The summed E-state index contributed by atoms with van der Waals surface area (Å²) in [6.45, 7) is 1.66. The second kappa shape index (κ2) is 9.98. The Hall–Kier alpha value is -2.75. The molecule has 2 unspecified atom stereocenters. The van der Waals surface area contributed by atoms with E-state index in [-0.39, 0.29) is 36.0 Å². The van der Waals surface area contributed by atoms with E-state index in [2.05, 4.69) is 10.3 Å². The molecule has 1 aromatic heterocycles. The van der Waals surface area contributed by atoms with E-state index in [1.165, 1.54) is 6.92 Å². The van der Waals surface area contributed by atoms with Gasteiger partial charge in [0.05, 0.1) is 11.0 Å². The molecule has 0 aliphatic carbocycles. The van der Waals surface area contributed by atoms with Crippen LogP contribution in [0.3, 0.4) is 0 Å². The number of benzene rings is 1. The Kier molecular flexibility index (Phi) is 7.68. The van der Waals surface area contributed by atoms with Crippen LogP contribution < -0.4 is 5.32 Å². The second-order valence-electron chi connectivity index (χ2n) is 6.02. The van der Waals surface area contributed by atoms with Crippen molar-refractivity contribution in [3.8, 4) is 0 Å². The molecule has 0 spiro atoms. The van der Waals surface area contributed by atoms with Crippen molar-refractivity contribution in [1.29, 1.82) is 0 Å². The van der Waals surface area contributed by atoms with Gasteiger partial charge in [-0.15, -0.1) is 0 Å². The lowest BCUT2D eigenvalue weighted by Gasteiger charge is -2.19. The third-order valence-corrected chi connectivity index (χ3v) is 4.27. The first-order valence-corrected chi connectivity index (χ1v) is 8.79. The maximum Gasteiger partial charge on any atom is 0.407 e. The van der Waals surface area contributed by atoms with Crippen LogP contribution in [0, 0.1) is 17.0 Å². The van der Waals surface area contributed by atoms with Crippen molar-refractivity contribution >= 4 is 23.4 Å². The summed E-state index contributed by atoms with van der Waals surface area (Å²) in [5.41, 5.74) is 0.726. The van der Waals surface area contributed by atoms with Crippen LogP contribution in [0.5, 0.6) is 0 Å². The molecule has 0 saturated carbocycles. The van der Waals surface area contributed by atoms with Gasteiger partial charge in [-0.05, 0) is 18.9 Å². The lowest BCUT2D eigenvalue weighted by Crippen LogP contribution is -2.30. The Labute approximate surface area is 166 Å². The molecule has 9 nitrogen and oxygen atoms in total. The molecule has 0 fully saturated rings. The Morgan fingerprint density at radius 3 is 2.68 bits per heavy atom. The van der Waals surface area contributed by atoms with Crippen molar-refractivity contribution in [2.75, 3.05) is 6.54 Å². The molecular weight excluding hydrogens is 390 g/mol. The van der Waals surface area contributed by atoms with E-state index in [0.29, 0.717) is 0 Å². The number of amides is 1. The van der Waals surface area contributed by atoms with Gasteiger partial charge in [0.2, 0.25) is 5.15 Å². The topological polar surface area (TPSA) is 135 Å². The van der Waals surface area contributed by atoms with Gasteiger partial charge in [-0.3, -0.25) is 10.1 Å². The summed E-state index contributed by atoms with van der Waals surface area (Å²) in [4.78, 5) is 25.7. The average Bonchev–Trinajstić information content (AvgIpc) is 2.66. The van der Waals surface area contributed by atoms with Gasteiger partial charge in [0.25, 0.3) is 0 Å². The number of aromatic nitrogens is 1. The molecular formula is C18H20ClN3O6. The number of pyridine rings is 1. The van der Waals surface area contributed by atoms with Crippen LogP contribution in [-0.4, -0.2) is 38.9 Å². The first-order chi connectivity index (χ1) is 13.3. The molecule has 150 valence electrons. The highest BCUT2D eigenvalue weighted by Gasteiger charge is 2.25. The van der Waals surface area contributed by atoms with Crippen LogP contribution >= 0.6 is 11.6 Å². The average molecular weight is 410 g/mol. The maximum atomic E-state index is 11.7. The summed E-state index contributed by atoms with van der Waals surface area (Å²) in [5, 5.41) is 33.6. The van der Waals surface area contributed by atoms with Crippen LogP contribution in [0.25, 0.3) is 0 Å². The predicted octanol–water partition coefficient (Wildman–Crippen LogP) is 2.66. The Morgan fingerprint density at radius 2 is 2.04 bits per heavy atom. The molecule has 0 radical (unpaired) electrons. The highest BCUT2D eigenvalue weighted by atomic mass is 35.5. The number of carbonyl (C=O) groups excluding carboxylic acids is 1. The standard InChI is InChI=1S/C18H20ClN3O6/c1-11-13(9-14(22(26)27)17(19)21-11)16(24)15(23)7-8-20-18(25)28-10-12-5-3-2-4-6-12/h2-6,9,15-16,23-24H,7-8,10H2,1H3,(H,20,25). The molecule has 0 saturated heterocycles. The highest BCUT2D eigenvalue weighted by molar-refractivity contribution is 6.31. The fourth-order valence-electron chi connectivity index (χ4n) is 2.47. The second-order valence-corrected chi connectivity index (χ2v) is 6.38. The fraction of sp³-hybridized carbons (Fsp3) is 0.333. The van der Waals surface area contributed by atoms with Gasteiger partial charge in [0, 0.05) is 23.9 Å². The molecule has 10 heteroatoms. The molecule has 3 N–H and O–H groups in total. The van der Waals surface area contributed by atoms with E-state index in [1.54, 1.807) is 0 Å². The number of alkyl carbamates (subject to hydrolysis) is 1. The van der Waals surface area contributed by atoms with Crippen LogP contribution in [-0.2, 0) is 11.3 Å². The van der Waals surface area contributed by atoms with E-state index in [4.69, 9.17) is 16.3 Å². The van der Waals surface area contributed by atoms with Crippen molar-refractivity contribution in [2.45, 2.75) is 32.2 Å². The van der Waals surface area contributed by atoms with E-state index in [1.807, 2.05) is 30.3 Å². The number of rotatable bonds is 8. The summed E-state index contributed by atoms with van der Waals surface area (Å²) in [5.74, 6) is 0. The van der Waals surface area contributed by atoms with Crippen molar-refractivity contribution in [3.63, 3.8) is 0 Å². The third-order valence-electron chi connectivity index (χ3n) is 3.99. The largest absolute Gasteiger partial charge is 0.445 e. The summed E-state index contributed by atoms with van der Waals surface area (Å²) in [7, 11) is 0. The van der Waals surface area contributed by atoms with Gasteiger partial charge in [0.15, 0.2) is 0 Å². The van der Waals surface area contributed by atoms with Gasteiger partial charge in [-0.25, -0.2) is 9.78 Å². The Bertz CT molecular complexity index is 834.